The van der Waals surface area contributed by atoms with Crippen molar-refractivity contribution in [1.29, 1.82) is 0 Å². The lowest BCUT2D eigenvalue weighted by molar-refractivity contribution is -0.134. The number of esters is 1. The van der Waals surface area contributed by atoms with E-state index in [0.29, 0.717) is 17.5 Å². The highest BCUT2D eigenvalue weighted by Crippen LogP contribution is 2.27. The smallest absolute Gasteiger partial charge is 0.354 e. The van der Waals surface area contributed by atoms with E-state index in [1.54, 1.807) is 22.8 Å². The zero-order valence-electron chi connectivity index (χ0n) is 17.5. The first-order valence-corrected chi connectivity index (χ1v) is 10.2. The summed E-state index contributed by atoms with van der Waals surface area (Å²) in [5, 5.41) is 0. The minimum absolute atomic E-state index is 0.00872. The zero-order chi connectivity index (χ0) is 21.4. The number of likely N-dealkylation sites (tertiary alicyclic amines) is 1. The summed E-state index contributed by atoms with van der Waals surface area (Å²) in [6.45, 7) is 5.86. The Hall–Kier alpha value is -3.09. The third kappa shape index (κ3) is 3.72. The summed E-state index contributed by atoms with van der Waals surface area (Å²) in [4.78, 5) is 27.4. The van der Waals surface area contributed by atoms with Gasteiger partial charge in [-0.05, 0) is 54.7 Å². The van der Waals surface area contributed by atoms with Crippen LogP contribution in [0.1, 0.15) is 30.8 Å². The fourth-order valence-corrected chi connectivity index (χ4v) is 4.52. The van der Waals surface area contributed by atoms with Gasteiger partial charge < -0.3 is 18.8 Å². The van der Waals surface area contributed by atoms with Crippen molar-refractivity contribution in [3.8, 4) is 5.69 Å². The van der Waals surface area contributed by atoms with Gasteiger partial charge in [-0.25, -0.2) is 9.18 Å². The van der Waals surface area contributed by atoms with E-state index in [-0.39, 0.29) is 18.3 Å². The molecular formula is C23H26FN3O3. The van der Waals surface area contributed by atoms with Gasteiger partial charge >= 0.3 is 5.97 Å². The van der Waals surface area contributed by atoms with Crippen molar-refractivity contribution in [1.82, 2.24) is 14.0 Å². The van der Waals surface area contributed by atoms with Gasteiger partial charge in [0.1, 0.15) is 18.1 Å². The molecule has 2 aromatic heterocycles. The lowest BCUT2D eigenvalue weighted by Crippen LogP contribution is -2.44. The van der Waals surface area contributed by atoms with E-state index in [0.717, 1.165) is 36.2 Å². The largest absolute Gasteiger partial charge is 0.464 e. The Morgan fingerprint density at radius 3 is 2.37 bits per heavy atom. The van der Waals surface area contributed by atoms with Gasteiger partial charge in [-0.3, -0.25) is 4.79 Å². The van der Waals surface area contributed by atoms with Crippen molar-refractivity contribution in [2.24, 2.45) is 11.8 Å². The molecular weight excluding hydrogens is 385 g/mol. The number of nitrogens with zero attached hydrogens (tertiary/aromatic N) is 3. The van der Waals surface area contributed by atoms with E-state index in [9.17, 15) is 14.0 Å². The molecule has 1 aromatic carbocycles. The highest BCUT2D eigenvalue weighted by atomic mass is 19.1. The van der Waals surface area contributed by atoms with Crippen molar-refractivity contribution in [3.63, 3.8) is 0 Å². The number of hydrogen-bond donors (Lipinski definition) is 0. The number of carbonyl (C=O) groups excluding carboxylic acids is 2. The summed E-state index contributed by atoms with van der Waals surface area (Å²) in [6, 6.07) is 9.71. The second kappa shape index (κ2) is 7.97. The first-order valence-electron chi connectivity index (χ1n) is 10.2. The molecule has 1 saturated heterocycles. The van der Waals surface area contributed by atoms with Crippen molar-refractivity contribution < 1.29 is 18.7 Å². The summed E-state index contributed by atoms with van der Waals surface area (Å²) in [5.74, 6) is 0.102. The quantitative estimate of drug-likeness (QED) is 0.613. The second-order valence-corrected chi connectivity index (χ2v) is 8.28. The number of methoxy groups -OCH3 is 1. The van der Waals surface area contributed by atoms with Gasteiger partial charge in [-0.15, -0.1) is 0 Å². The maximum absolute atomic E-state index is 13.3. The molecule has 0 bridgehead atoms. The van der Waals surface area contributed by atoms with Crippen molar-refractivity contribution in [2.75, 3.05) is 20.2 Å². The molecule has 1 aliphatic heterocycles. The number of carbonyl (C=O) groups is 2. The molecule has 4 rings (SSSR count). The highest BCUT2D eigenvalue weighted by molar-refractivity contribution is 5.96. The molecule has 0 unspecified atom stereocenters. The number of hydrogen-bond acceptors (Lipinski definition) is 3. The molecule has 3 heterocycles. The summed E-state index contributed by atoms with van der Waals surface area (Å²) in [6.07, 6.45) is 2.97. The first kappa shape index (κ1) is 20.2. The minimum atomic E-state index is -0.495. The van der Waals surface area contributed by atoms with Crippen LogP contribution in [-0.2, 0) is 16.1 Å². The van der Waals surface area contributed by atoms with Crippen LogP contribution in [0.25, 0.3) is 16.7 Å². The van der Waals surface area contributed by atoms with Gasteiger partial charge in [0.2, 0.25) is 5.91 Å². The van der Waals surface area contributed by atoms with E-state index >= 15 is 0 Å². The number of amides is 1. The Morgan fingerprint density at radius 1 is 1.07 bits per heavy atom. The van der Waals surface area contributed by atoms with Crippen molar-refractivity contribution in [3.05, 3.63) is 54.1 Å². The third-order valence-corrected chi connectivity index (χ3v) is 5.77. The summed E-state index contributed by atoms with van der Waals surface area (Å²) < 4.78 is 21.9. The average molecular weight is 411 g/mol. The van der Waals surface area contributed by atoms with Gasteiger partial charge in [-0.2, -0.15) is 0 Å². The predicted molar refractivity (Wildman–Crippen MR) is 112 cm³/mol. The first-order chi connectivity index (χ1) is 14.4. The molecule has 30 heavy (non-hydrogen) atoms. The standard InChI is InChI=1S/C23H26FN3O3/c1-15-10-16(2)13-25(12-15)22(28)14-27-19-8-9-26(18-6-4-17(24)5-7-18)20(19)11-21(27)23(29)30-3/h4-9,11,15-16H,10,12-14H2,1-3H3/t15-,16-/m1/s1. The summed E-state index contributed by atoms with van der Waals surface area (Å²) >= 11 is 0. The Morgan fingerprint density at radius 2 is 1.73 bits per heavy atom. The average Bonchev–Trinajstić information content (AvgIpc) is 3.27. The molecule has 158 valence electrons. The molecule has 0 saturated carbocycles. The Labute approximate surface area is 174 Å². The van der Waals surface area contributed by atoms with Crippen LogP contribution < -0.4 is 0 Å². The number of ether oxygens (including phenoxy) is 1. The SMILES string of the molecule is COC(=O)c1cc2c(ccn2-c2ccc(F)cc2)n1CC(=O)N1C[C@H](C)C[C@@H](C)C1. The van der Waals surface area contributed by atoms with Gasteiger partial charge in [0.05, 0.1) is 18.1 Å². The second-order valence-electron chi connectivity index (χ2n) is 8.28. The maximum Gasteiger partial charge on any atom is 0.354 e. The van der Waals surface area contributed by atoms with E-state index in [4.69, 9.17) is 4.74 Å². The number of benzene rings is 1. The Bertz CT molecular complexity index is 1070. The lowest BCUT2D eigenvalue weighted by atomic mass is 9.92. The van der Waals surface area contributed by atoms with E-state index < -0.39 is 5.97 Å². The van der Waals surface area contributed by atoms with Crippen LogP contribution in [0.5, 0.6) is 0 Å². The molecule has 0 radical (unpaired) electrons. The molecule has 0 spiro atoms. The van der Waals surface area contributed by atoms with E-state index in [1.165, 1.54) is 19.2 Å². The Balaban J connectivity index is 1.72. The number of fused-ring (bicyclic) bond motifs is 1. The fraction of sp³-hybridized carbons (Fsp3) is 0.391. The number of rotatable bonds is 4. The number of aromatic nitrogens is 2. The molecule has 1 fully saturated rings. The van der Waals surface area contributed by atoms with E-state index in [1.807, 2.05) is 21.7 Å². The maximum atomic E-state index is 13.3. The van der Waals surface area contributed by atoms with Gasteiger partial charge in [0, 0.05) is 25.0 Å². The minimum Gasteiger partial charge on any atom is -0.464 e. The van der Waals surface area contributed by atoms with Crippen LogP contribution in [0.4, 0.5) is 4.39 Å². The zero-order valence-corrected chi connectivity index (χ0v) is 17.5. The monoisotopic (exact) mass is 411 g/mol. The number of halogens is 1. The van der Waals surface area contributed by atoms with Gasteiger partial charge in [0.15, 0.2) is 0 Å². The normalized spacial score (nSPS) is 19.3. The predicted octanol–water partition coefficient (Wildman–Crippen LogP) is 3.86. The molecule has 0 aliphatic carbocycles. The van der Waals surface area contributed by atoms with Crippen molar-refractivity contribution in [2.45, 2.75) is 26.8 Å². The van der Waals surface area contributed by atoms with Crippen LogP contribution in [0.3, 0.4) is 0 Å². The molecule has 1 amide bonds. The molecule has 1 aliphatic rings. The fourth-order valence-electron chi connectivity index (χ4n) is 4.52. The summed E-state index contributed by atoms with van der Waals surface area (Å²) in [5.41, 5.74) is 2.61. The highest BCUT2D eigenvalue weighted by Gasteiger charge is 2.27. The van der Waals surface area contributed by atoms with Crippen LogP contribution in [0.2, 0.25) is 0 Å². The lowest BCUT2D eigenvalue weighted by Gasteiger charge is -2.35. The van der Waals surface area contributed by atoms with E-state index in [2.05, 4.69) is 13.8 Å². The molecule has 7 heteroatoms. The Kier molecular flexibility index (Phi) is 5.37. The van der Waals surface area contributed by atoms with Crippen LogP contribution >= 0.6 is 0 Å². The molecule has 3 aromatic rings. The number of piperidine rings is 1. The van der Waals surface area contributed by atoms with Crippen molar-refractivity contribution >= 4 is 22.9 Å². The molecule has 6 nitrogen and oxygen atoms in total. The van der Waals surface area contributed by atoms with Crippen LogP contribution in [0, 0.1) is 17.7 Å². The molecule has 2 atom stereocenters. The van der Waals surface area contributed by atoms with Crippen LogP contribution in [-0.4, -0.2) is 46.1 Å². The van der Waals surface area contributed by atoms with Crippen LogP contribution in [0.15, 0.2) is 42.6 Å². The van der Waals surface area contributed by atoms with Gasteiger partial charge in [0.25, 0.3) is 0 Å². The topological polar surface area (TPSA) is 56.5 Å². The third-order valence-electron chi connectivity index (χ3n) is 5.77. The molecule has 0 N–H and O–H groups in total. The summed E-state index contributed by atoms with van der Waals surface area (Å²) in [7, 11) is 1.33. The van der Waals surface area contributed by atoms with Gasteiger partial charge in [-0.1, -0.05) is 13.8 Å².